The van der Waals surface area contributed by atoms with Gasteiger partial charge in [0.1, 0.15) is 11.9 Å². The van der Waals surface area contributed by atoms with Crippen molar-refractivity contribution in [1.29, 1.82) is 0 Å². The number of rotatable bonds is 4. The Hall–Kier alpha value is -6.70. The van der Waals surface area contributed by atoms with Crippen molar-refractivity contribution in [3.63, 3.8) is 0 Å². The van der Waals surface area contributed by atoms with E-state index in [9.17, 15) is 0 Å². The molecule has 0 aromatic heterocycles. The minimum atomic E-state index is -0.133. The van der Waals surface area contributed by atoms with E-state index in [1.807, 2.05) is 0 Å². The van der Waals surface area contributed by atoms with Crippen LogP contribution in [0.4, 0.5) is 0 Å². The van der Waals surface area contributed by atoms with E-state index in [2.05, 4.69) is 194 Å². The second-order valence-corrected chi connectivity index (χ2v) is 14.4. The van der Waals surface area contributed by atoms with Gasteiger partial charge in [0.05, 0.1) is 0 Å². The Labute approximate surface area is 308 Å². The minimum Gasteiger partial charge on any atom is -0.484 e. The van der Waals surface area contributed by atoms with E-state index in [-0.39, 0.29) is 12.0 Å². The van der Waals surface area contributed by atoms with Crippen LogP contribution in [-0.4, -0.2) is 6.10 Å². The quantitative estimate of drug-likeness (QED) is 0.169. The maximum Gasteiger partial charge on any atom is 0.135 e. The van der Waals surface area contributed by atoms with Crippen molar-refractivity contribution in [1.82, 2.24) is 0 Å². The Morgan fingerprint density at radius 1 is 0.396 bits per heavy atom. The molecule has 1 aliphatic carbocycles. The van der Waals surface area contributed by atoms with E-state index in [0.717, 1.165) is 5.75 Å². The second-order valence-electron chi connectivity index (χ2n) is 14.4. The van der Waals surface area contributed by atoms with Crippen LogP contribution in [0, 0.1) is 0 Å². The lowest BCUT2D eigenvalue weighted by Gasteiger charge is -2.28. The largest absolute Gasteiger partial charge is 0.484 e. The van der Waals surface area contributed by atoms with Crippen molar-refractivity contribution < 1.29 is 4.74 Å². The zero-order chi connectivity index (χ0) is 34.9. The van der Waals surface area contributed by atoms with Crippen molar-refractivity contribution in [3.05, 3.63) is 211 Å². The summed E-state index contributed by atoms with van der Waals surface area (Å²) in [6.45, 7) is 0. The maximum absolute atomic E-state index is 6.99. The van der Waals surface area contributed by atoms with E-state index < -0.39 is 0 Å². The third kappa shape index (κ3) is 4.85. The molecule has 9 aromatic rings. The molecule has 2 unspecified atom stereocenters. The smallest absolute Gasteiger partial charge is 0.135 e. The molecule has 2 atom stereocenters. The zero-order valence-corrected chi connectivity index (χ0v) is 29.0. The molecular formula is C52H34O. The highest BCUT2D eigenvalue weighted by Crippen LogP contribution is 2.52. The minimum absolute atomic E-state index is 0.00173. The molecule has 1 nitrogen and oxygen atoms in total. The number of fused-ring (bicyclic) bond motifs is 7. The topological polar surface area (TPSA) is 9.23 Å². The molecule has 0 radical (unpaired) electrons. The lowest BCUT2D eigenvalue weighted by atomic mass is 9.77. The molecule has 0 spiro atoms. The van der Waals surface area contributed by atoms with Gasteiger partial charge in [-0.25, -0.2) is 0 Å². The summed E-state index contributed by atoms with van der Waals surface area (Å²) in [5.74, 6) is 0.960. The summed E-state index contributed by atoms with van der Waals surface area (Å²) in [5.41, 5.74) is 11.1. The lowest BCUT2D eigenvalue weighted by molar-refractivity contribution is 0.259. The van der Waals surface area contributed by atoms with E-state index in [1.165, 1.54) is 93.2 Å². The van der Waals surface area contributed by atoms with Gasteiger partial charge in [-0.2, -0.15) is 0 Å². The Morgan fingerprint density at radius 3 is 1.70 bits per heavy atom. The highest BCUT2D eigenvalue weighted by Gasteiger charge is 2.38. The summed E-state index contributed by atoms with van der Waals surface area (Å²) in [7, 11) is 0. The summed E-state index contributed by atoms with van der Waals surface area (Å²) in [6, 6.07) is 66.4. The van der Waals surface area contributed by atoms with Gasteiger partial charge >= 0.3 is 0 Å². The molecule has 9 aromatic carbocycles. The number of hydrogen-bond acceptors (Lipinski definition) is 1. The zero-order valence-electron chi connectivity index (χ0n) is 29.0. The Morgan fingerprint density at radius 2 is 0.981 bits per heavy atom. The fourth-order valence-corrected chi connectivity index (χ4v) is 8.90. The predicted molar refractivity (Wildman–Crippen MR) is 223 cm³/mol. The Kier molecular flexibility index (Phi) is 6.75. The normalized spacial score (nSPS) is 16.3. The van der Waals surface area contributed by atoms with E-state index >= 15 is 0 Å². The van der Waals surface area contributed by atoms with Crippen molar-refractivity contribution in [2.75, 3.05) is 0 Å². The highest BCUT2D eigenvalue weighted by atomic mass is 16.5. The van der Waals surface area contributed by atoms with Crippen LogP contribution in [0.1, 0.15) is 22.6 Å². The molecule has 53 heavy (non-hydrogen) atoms. The van der Waals surface area contributed by atoms with Gasteiger partial charge in [0.2, 0.25) is 0 Å². The summed E-state index contributed by atoms with van der Waals surface area (Å²) in [6.07, 6.45) is 4.77. The molecule has 248 valence electrons. The van der Waals surface area contributed by atoms with Crippen molar-refractivity contribution in [3.8, 4) is 28.0 Å². The molecule has 0 saturated heterocycles. The first-order valence-electron chi connectivity index (χ1n) is 18.5. The van der Waals surface area contributed by atoms with Crippen LogP contribution in [0.3, 0.4) is 0 Å². The van der Waals surface area contributed by atoms with Crippen LogP contribution in [0.2, 0.25) is 0 Å². The lowest BCUT2D eigenvalue weighted by Crippen LogP contribution is -2.24. The molecule has 0 N–H and O–H groups in total. The second kappa shape index (κ2) is 11.9. The molecule has 0 fully saturated rings. The molecule has 1 heterocycles. The summed E-state index contributed by atoms with van der Waals surface area (Å²) < 4.78 is 6.99. The van der Waals surface area contributed by atoms with E-state index in [1.54, 1.807) is 0 Å². The van der Waals surface area contributed by atoms with Crippen LogP contribution in [0.25, 0.3) is 76.5 Å². The van der Waals surface area contributed by atoms with Crippen LogP contribution >= 0.6 is 0 Å². The first kappa shape index (κ1) is 30.0. The predicted octanol–water partition coefficient (Wildman–Crippen LogP) is 13.7. The first-order valence-corrected chi connectivity index (χ1v) is 18.5. The molecule has 0 bridgehead atoms. The fraction of sp³-hybridized carbons (Fsp3) is 0.0385. The summed E-state index contributed by atoms with van der Waals surface area (Å²) in [5, 5.41) is 9.96. The maximum atomic E-state index is 6.99. The standard InChI is InChI=1S/C52H34O/c1-2-13-33(14-3-1)36-19-12-20-39(27-36)46-30-41(31-48-47-29-37-17-6-7-18-38(37)32-49(47)53-52(46)48)51-44-23-10-8-21-42(44)50(43-22-9-11-24-45(43)51)40-26-25-34-15-4-5-16-35(34)28-40/h1-32,46,52H. The first-order chi connectivity index (χ1) is 26.3. The van der Waals surface area contributed by atoms with Gasteiger partial charge in [-0.1, -0.05) is 170 Å². The third-order valence-electron chi connectivity index (χ3n) is 11.4. The van der Waals surface area contributed by atoms with Gasteiger partial charge in [-0.15, -0.1) is 0 Å². The van der Waals surface area contributed by atoms with Crippen LogP contribution in [0.15, 0.2) is 194 Å². The molecule has 0 amide bonds. The highest BCUT2D eigenvalue weighted by molar-refractivity contribution is 6.20. The molecule has 2 aliphatic rings. The van der Waals surface area contributed by atoms with Gasteiger partial charge in [-0.05, 0) is 106 Å². The third-order valence-corrected chi connectivity index (χ3v) is 11.4. The van der Waals surface area contributed by atoms with Crippen molar-refractivity contribution >= 4 is 54.2 Å². The van der Waals surface area contributed by atoms with Gasteiger partial charge in [0.25, 0.3) is 0 Å². The fourth-order valence-electron chi connectivity index (χ4n) is 8.90. The van der Waals surface area contributed by atoms with E-state index in [4.69, 9.17) is 4.74 Å². The SMILES string of the molecule is C1=C(c2c3ccccc3c(-c3ccc4ccccc4c3)c3ccccc23)C=C2c3cc4ccccc4cc3OC2C1c1cccc(-c2ccccc2)c1. The molecule has 11 rings (SSSR count). The van der Waals surface area contributed by atoms with Crippen molar-refractivity contribution in [2.45, 2.75) is 12.0 Å². The van der Waals surface area contributed by atoms with Crippen LogP contribution in [-0.2, 0) is 0 Å². The van der Waals surface area contributed by atoms with Crippen LogP contribution in [0.5, 0.6) is 5.75 Å². The number of benzene rings is 9. The molecular weight excluding hydrogens is 641 g/mol. The van der Waals surface area contributed by atoms with Gasteiger partial charge in [0.15, 0.2) is 0 Å². The average molecular weight is 675 g/mol. The summed E-state index contributed by atoms with van der Waals surface area (Å²) in [4.78, 5) is 0. The van der Waals surface area contributed by atoms with Gasteiger partial charge in [0, 0.05) is 17.1 Å². The average Bonchev–Trinajstić information content (AvgIpc) is 3.58. The Balaban J connectivity index is 1.17. The van der Waals surface area contributed by atoms with Gasteiger partial charge in [-0.3, -0.25) is 0 Å². The molecule has 1 aliphatic heterocycles. The van der Waals surface area contributed by atoms with E-state index in [0.29, 0.717) is 0 Å². The monoisotopic (exact) mass is 674 g/mol. The molecule has 0 saturated carbocycles. The molecule has 1 heteroatoms. The number of allylic oxidation sites excluding steroid dienone is 2. The van der Waals surface area contributed by atoms with Crippen LogP contribution < -0.4 is 4.74 Å². The van der Waals surface area contributed by atoms with Crippen molar-refractivity contribution in [2.24, 2.45) is 0 Å². The number of hydrogen-bond donors (Lipinski definition) is 0. The Bertz CT molecular complexity index is 2930. The summed E-state index contributed by atoms with van der Waals surface area (Å²) >= 11 is 0. The number of ether oxygens (including phenoxy) is 1. The van der Waals surface area contributed by atoms with Gasteiger partial charge < -0.3 is 4.74 Å².